The number of terminal acetylenes is 1. The average molecular weight is 292 g/mol. The summed E-state index contributed by atoms with van der Waals surface area (Å²) < 4.78 is 0. The van der Waals surface area contributed by atoms with Gasteiger partial charge in [-0.2, -0.15) is 0 Å². The van der Waals surface area contributed by atoms with Gasteiger partial charge in [-0.1, -0.05) is 53.5 Å². The molecule has 0 aliphatic carbocycles. The number of azide groups is 1. The molecule has 0 aliphatic heterocycles. The van der Waals surface area contributed by atoms with E-state index in [0.717, 1.165) is 16.3 Å². The van der Waals surface area contributed by atoms with Gasteiger partial charge in [0.1, 0.15) is 0 Å². The van der Waals surface area contributed by atoms with Crippen molar-refractivity contribution in [2.24, 2.45) is 5.11 Å². The van der Waals surface area contributed by atoms with Crippen molar-refractivity contribution in [3.8, 4) is 12.3 Å². The first-order valence-corrected chi connectivity index (χ1v) is 6.95. The molecule has 0 spiro atoms. The van der Waals surface area contributed by atoms with Gasteiger partial charge in [-0.25, -0.2) is 0 Å². The predicted octanol–water partition coefficient (Wildman–Crippen LogP) is 3.20. The molecule has 0 saturated heterocycles. The minimum Gasteiger partial charge on any atom is -0.345 e. The third kappa shape index (κ3) is 4.27. The highest BCUT2D eigenvalue weighted by molar-refractivity contribution is 5.83. The molecule has 0 radical (unpaired) electrons. The smallest absolute Gasteiger partial charge is 0.221 e. The molecule has 1 N–H and O–H groups in total. The van der Waals surface area contributed by atoms with Crippen LogP contribution in [0.15, 0.2) is 47.6 Å². The summed E-state index contributed by atoms with van der Waals surface area (Å²) in [5.74, 6) is 2.13. The van der Waals surface area contributed by atoms with Gasteiger partial charge in [-0.3, -0.25) is 4.79 Å². The zero-order valence-corrected chi connectivity index (χ0v) is 12.1. The summed E-state index contributed by atoms with van der Waals surface area (Å²) >= 11 is 0. The molecule has 2 aromatic rings. The monoisotopic (exact) mass is 292 g/mol. The second-order valence-corrected chi connectivity index (χ2v) is 4.93. The first-order valence-electron chi connectivity index (χ1n) is 6.95. The fraction of sp³-hybridized carbons (Fsp3) is 0.235. The van der Waals surface area contributed by atoms with Crippen molar-refractivity contribution in [1.29, 1.82) is 0 Å². The van der Waals surface area contributed by atoms with Gasteiger partial charge in [0.05, 0.1) is 12.6 Å². The number of rotatable bonds is 6. The Kier molecular flexibility index (Phi) is 5.42. The molecule has 0 unspecified atom stereocenters. The fourth-order valence-electron chi connectivity index (χ4n) is 2.30. The molecule has 0 heterocycles. The van der Waals surface area contributed by atoms with Crippen LogP contribution in [0.3, 0.4) is 0 Å². The number of nitrogens with zero attached hydrogens (tertiary/aromatic N) is 3. The molecule has 110 valence electrons. The first kappa shape index (κ1) is 15.4. The van der Waals surface area contributed by atoms with Gasteiger partial charge in [-0.05, 0) is 28.3 Å². The van der Waals surface area contributed by atoms with E-state index in [4.69, 9.17) is 12.0 Å². The summed E-state index contributed by atoms with van der Waals surface area (Å²) in [6.07, 6.45) is 5.73. The van der Waals surface area contributed by atoms with Gasteiger partial charge in [0.25, 0.3) is 0 Å². The third-order valence-electron chi connectivity index (χ3n) is 3.31. The van der Waals surface area contributed by atoms with Crippen LogP contribution in [0.1, 0.15) is 12.0 Å². The maximum atomic E-state index is 11.7. The second-order valence-electron chi connectivity index (χ2n) is 4.93. The Hall–Kier alpha value is -2.96. The van der Waals surface area contributed by atoms with Crippen molar-refractivity contribution in [3.63, 3.8) is 0 Å². The lowest BCUT2D eigenvalue weighted by Gasteiger charge is -2.11. The van der Waals surface area contributed by atoms with E-state index < -0.39 is 6.04 Å². The maximum absolute atomic E-state index is 11.7. The Morgan fingerprint density at radius 2 is 2.09 bits per heavy atom. The fourth-order valence-corrected chi connectivity index (χ4v) is 2.30. The number of carbonyl (C=O) groups excluding carboxylic acids is 1. The molecule has 0 aromatic heterocycles. The first-order chi connectivity index (χ1) is 10.7. The zero-order chi connectivity index (χ0) is 15.8. The van der Waals surface area contributed by atoms with E-state index in [1.807, 2.05) is 36.4 Å². The predicted molar refractivity (Wildman–Crippen MR) is 87.0 cm³/mol. The van der Waals surface area contributed by atoms with Crippen LogP contribution in [0.25, 0.3) is 21.2 Å². The van der Waals surface area contributed by atoms with Crippen molar-refractivity contribution in [1.82, 2.24) is 5.32 Å². The number of carbonyl (C=O) groups is 1. The summed E-state index contributed by atoms with van der Waals surface area (Å²) in [6, 6.07) is 13.7. The molecule has 5 nitrogen and oxygen atoms in total. The van der Waals surface area contributed by atoms with Crippen LogP contribution in [0.2, 0.25) is 0 Å². The van der Waals surface area contributed by atoms with E-state index in [1.54, 1.807) is 0 Å². The maximum Gasteiger partial charge on any atom is 0.221 e. The number of benzene rings is 2. The lowest BCUT2D eigenvalue weighted by atomic mass is 10.0. The second kappa shape index (κ2) is 7.72. The highest BCUT2D eigenvalue weighted by Gasteiger charge is 2.13. The summed E-state index contributed by atoms with van der Waals surface area (Å²) in [7, 11) is 0. The molecule has 1 amide bonds. The van der Waals surface area contributed by atoms with Crippen LogP contribution in [0.5, 0.6) is 0 Å². The lowest BCUT2D eigenvalue weighted by Crippen LogP contribution is -2.27. The van der Waals surface area contributed by atoms with Gasteiger partial charge < -0.3 is 5.32 Å². The van der Waals surface area contributed by atoms with Crippen molar-refractivity contribution < 1.29 is 4.79 Å². The topological polar surface area (TPSA) is 77.9 Å². The van der Waals surface area contributed by atoms with E-state index in [9.17, 15) is 4.79 Å². The largest absolute Gasteiger partial charge is 0.345 e. The van der Waals surface area contributed by atoms with Gasteiger partial charge in [0, 0.05) is 11.3 Å². The van der Waals surface area contributed by atoms with E-state index in [1.165, 1.54) is 0 Å². The quantitative estimate of drug-likeness (QED) is 0.377. The van der Waals surface area contributed by atoms with Crippen LogP contribution < -0.4 is 5.32 Å². The minimum atomic E-state index is -0.427. The van der Waals surface area contributed by atoms with E-state index in [-0.39, 0.29) is 18.9 Å². The summed E-state index contributed by atoms with van der Waals surface area (Å²) in [4.78, 5) is 14.5. The minimum absolute atomic E-state index is 0.124. The van der Waals surface area contributed by atoms with Crippen LogP contribution in [0, 0.1) is 12.3 Å². The molecule has 0 saturated carbocycles. The summed E-state index contributed by atoms with van der Waals surface area (Å²) in [5.41, 5.74) is 9.70. The number of nitrogens with one attached hydrogen (secondary N) is 1. The Balaban J connectivity index is 2.10. The van der Waals surface area contributed by atoms with Crippen molar-refractivity contribution in [2.45, 2.75) is 18.9 Å². The van der Waals surface area contributed by atoms with E-state index in [2.05, 4.69) is 27.3 Å². The molecule has 0 fully saturated rings. The molecular weight excluding hydrogens is 276 g/mol. The molecule has 5 heteroatoms. The van der Waals surface area contributed by atoms with E-state index >= 15 is 0 Å². The molecule has 22 heavy (non-hydrogen) atoms. The van der Waals surface area contributed by atoms with Gasteiger partial charge >= 0.3 is 0 Å². The average Bonchev–Trinajstić information content (AvgIpc) is 2.53. The Morgan fingerprint density at radius 1 is 1.32 bits per heavy atom. The van der Waals surface area contributed by atoms with Crippen molar-refractivity contribution >= 4 is 16.7 Å². The highest BCUT2D eigenvalue weighted by Crippen LogP contribution is 2.18. The van der Waals surface area contributed by atoms with Crippen molar-refractivity contribution in [3.05, 3.63) is 58.5 Å². The standard InChI is InChI=1S/C17H16N4O/c1-2-9-19-17(22)12-16(20-21-18)11-13-7-8-14-5-3-4-6-15(14)10-13/h1,3-8,10,16H,9,11-12H2,(H,19,22)/t16-/m1/s1. The molecule has 1 atom stereocenters. The number of hydrogen-bond acceptors (Lipinski definition) is 2. The molecule has 2 aromatic carbocycles. The number of amides is 1. The summed E-state index contributed by atoms with van der Waals surface area (Å²) in [5, 5.41) is 8.57. The highest BCUT2D eigenvalue weighted by atomic mass is 16.1. The van der Waals surface area contributed by atoms with Gasteiger partial charge in [0.2, 0.25) is 5.91 Å². The molecule has 0 aliphatic rings. The molecule has 0 bridgehead atoms. The Bertz CT molecular complexity index is 757. The third-order valence-corrected chi connectivity index (χ3v) is 3.31. The normalized spacial score (nSPS) is 11.2. The van der Waals surface area contributed by atoms with Crippen molar-refractivity contribution in [2.75, 3.05) is 6.54 Å². The summed E-state index contributed by atoms with van der Waals surface area (Å²) in [6.45, 7) is 0.178. The Morgan fingerprint density at radius 3 is 2.82 bits per heavy atom. The molecular formula is C17H16N4O. The van der Waals surface area contributed by atoms with Gasteiger partial charge in [-0.15, -0.1) is 6.42 Å². The number of hydrogen-bond donors (Lipinski definition) is 1. The van der Waals surface area contributed by atoms with Crippen LogP contribution in [-0.4, -0.2) is 18.5 Å². The van der Waals surface area contributed by atoms with E-state index in [0.29, 0.717) is 6.42 Å². The Labute approximate surface area is 129 Å². The zero-order valence-electron chi connectivity index (χ0n) is 12.1. The van der Waals surface area contributed by atoms with Crippen LogP contribution >= 0.6 is 0 Å². The molecule has 2 rings (SSSR count). The lowest BCUT2D eigenvalue weighted by molar-refractivity contribution is -0.121. The number of fused-ring (bicyclic) bond motifs is 1. The van der Waals surface area contributed by atoms with Crippen LogP contribution in [0.4, 0.5) is 0 Å². The van der Waals surface area contributed by atoms with Gasteiger partial charge in [0.15, 0.2) is 0 Å². The SMILES string of the molecule is C#CCNC(=O)C[C@@H](Cc1ccc2ccccc2c1)N=[N+]=[N-]. The van der Waals surface area contributed by atoms with Crippen LogP contribution in [-0.2, 0) is 11.2 Å².